The standard InChI is InChI=1S/C16H23NO4/c1-10(2)8-20-15(18)12-6-5-7-13(17)14(12)16(19)21-9-11(3)4/h5-7,10-11H,8-9,17H2,1-4H3. The molecular weight excluding hydrogens is 270 g/mol. The summed E-state index contributed by atoms with van der Waals surface area (Å²) in [4.78, 5) is 24.2. The zero-order chi connectivity index (χ0) is 16.0. The SMILES string of the molecule is CC(C)COC(=O)c1cccc(N)c1C(=O)OCC(C)C. The second-order valence-electron chi connectivity index (χ2n) is 5.75. The highest BCUT2D eigenvalue weighted by Crippen LogP contribution is 2.20. The molecule has 0 bridgehead atoms. The number of anilines is 1. The number of carbonyl (C=O) groups is 2. The van der Waals surface area contributed by atoms with Crippen LogP contribution in [0.1, 0.15) is 48.4 Å². The van der Waals surface area contributed by atoms with Gasteiger partial charge in [-0.15, -0.1) is 0 Å². The number of benzene rings is 1. The molecule has 0 radical (unpaired) electrons. The van der Waals surface area contributed by atoms with Crippen LogP contribution >= 0.6 is 0 Å². The minimum absolute atomic E-state index is 0.0758. The highest BCUT2D eigenvalue weighted by molar-refractivity contribution is 6.06. The van der Waals surface area contributed by atoms with Crippen LogP contribution in [0.5, 0.6) is 0 Å². The average molecular weight is 293 g/mol. The second kappa shape index (κ2) is 7.67. The zero-order valence-corrected chi connectivity index (χ0v) is 13.0. The van der Waals surface area contributed by atoms with Gasteiger partial charge in [-0.1, -0.05) is 33.8 Å². The first-order valence-corrected chi connectivity index (χ1v) is 7.05. The number of carbonyl (C=O) groups excluding carboxylic acids is 2. The van der Waals surface area contributed by atoms with Gasteiger partial charge in [0.2, 0.25) is 0 Å². The van der Waals surface area contributed by atoms with Crippen LogP contribution in [-0.2, 0) is 9.47 Å². The van der Waals surface area contributed by atoms with E-state index < -0.39 is 11.9 Å². The van der Waals surface area contributed by atoms with E-state index in [1.165, 1.54) is 6.07 Å². The molecule has 5 heteroatoms. The summed E-state index contributed by atoms with van der Waals surface area (Å²) >= 11 is 0. The number of hydrogen-bond acceptors (Lipinski definition) is 5. The van der Waals surface area contributed by atoms with Crippen LogP contribution in [0.15, 0.2) is 18.2 Å². The van der Waals surface area contributed by atoms with E-state index in [1.807, 2.05) is 27.7 Å². The predicted octanol–water partition coefficient (Wildman–Crippen LogP) is 2.89. The lowest BCUT2D eigenvalue weighted by Crippen LogP contribution is -2.18. The molecule has 0 aliphatic rings. The first-order chi connectivity index (χ1) is 9.82. The minimum atomic E-state index is -0.599. The molecule has 1 aromatic carbocycles. The fourth-order valence-corrected chi connectivity index (χ4v) is 1.60. The third-order valence-electron chi connectivity index (χ3n) is 2.62. The highest BCUT2D eigenvalue weighted by atomic mass is 16.5. The van der Waals surface area contributed by atoms with E-state index >= 15 is 0 Å². The normalized spacial score (nSPS) is 10.8. The lowest BCUT2D eigenvalue weighted by molar-refractivity contribution is 0.0413. The van der Waals surface area contributed by atoms with Crippen molar-refractivity contribution < 1.29 is 19.1 Å². The minimum Gasteiger partial charge on any atom is -0.462 e. The molecule has 0 atom stereocenters. The van der Waals surface area contributed by atoms with Crippen molar-refractivity contribution in [2.24, 2.45) is 11.8 Å². The topological polar surface area (TPSA) is 78.6 Å². The Hall–Kier alpha value is -2.04. The summed E-state index contributed by atoms with van der Waals surface area (Å²) in [6.07, 6.45) is 0. The number of esters is 2. The molecule has 1 aromatic rings. The van der Waals surface area contributed by atoms with E-state index in [0.717, 1.165) is 0 Å². The van der Waals surface area contributed by atoms with Crippen molar-refractivity contribution in [2.45, 2.75) is 27.7 Å². The van der Waals surface area contributed by atoms with Gasteiger partial charge in [0, 0.05) is 5.69 Å². The molecule has 2 N–H and O–H groups in total. The summed E-state index contributed by atoms with van der Waals surface area (Å²) in [5.74, 6) is -0.743. The summed E-state index contributed by atoms with van der Waals surface area (Å²) in [6.45, 7) is 8.29. The highest BCUT2D eigenvalue weighted by Gasteiger charge is 2.22. The molecule has 0 heterocycles. The van der Waals surface area contributed by atoms with Crippen LogP contribution < -0.4 is 5.73 Å². The van der Waals surface area contributed by atoms with Crippen molar-refractivity contribution >= 4 is 17.6 Å². The molecule has 0 aliphatic carbocycles. The maximum absolute atomic E-state index is 12.1. The van der Waals surface area contributed by atoms with E-state index in [2.05, 4.69) is 0 Å². The van der Waals surface area contributed by atoms with Gasteiger partial charge in [0.1, 0.15) is 0 Å². The van der Waals surface area contributed by atoms with Gasteiger partial charge in [0.25, 0.3) is 0 Å². The molecule has 5 nitrogen and oxygen atoms in total. The van der Waals surface area contributed by atoms with Gasteiger partial charge in [0.05, 0.1) is 24.3 Å². The number of nitrogen functional groups attached to an aromatic ring is 1. The maximum atomic E-state index is 12.1. The Kier molecular flexibility index (Phi) is 6.21. The molecule has 0 aliphatic heterocycles. The zero-order valence-electron chi connectivity index (χ0n) is 13.0. The summed E-state index contributed by atoms with van der Waals surface area (Å²) < 4.78 is 10.3. The summed E-state index contributed by atoms with van der Waals surface area (Å²) in [5, 5.41) is 0. The van der Waals surface area contributed by atoms with Crippen LogP contribution in [0.25, 0.3) is 0 Å². The Labute approximate surface area is 125 Å². The van der Waals surface area contributed by atoms with Gasteiger partial charge in [-0.2, -0.15) is 0 Å². The molecule has 0 unspecified atom stereocenters. The lowest BCUT2D eigenvalue weighted by atomic mass is 10.1. The average Bonchev–Trinajstić information content (AvgIpc) is 2.41. The van der Waals surface area contributed by atoms with Crippen LogP contribution in [-0.4, -0.2) is 25.2 Å². The van der Waals surface area contributed by atoms with E-state index in [0.29, 0.717) is 0 Å². The number of ether oxygens (including phenoxy) is 2. The third-order valence-corrected chi connectivity index (χ3v) is 2.62. The van der Waals surface area contributed by atoms with Crippen molar-refractivity contribution in [3.05, 3.63) is 29.3 Å². The molecule has 0 spiro atoms. The van der Waals surface area contributed by atoms with Crippen LogP contribution in [0.2, 0.25) is 0 Å². The van der Waals surface area contributed by atoms with E-state index in [4.69, 9.17) is 15.2 Å². The number of hydrogen-bond donors (Lipinski definition) is 1. The maximum Gasteiger partial charge on any atom is 0.341 e. The van der Waals surface area contributed by atoms with E-state index in [1.54, 1.807) is 12.1 Å². The Bertz CT molecular complexity index is 509. The van der Waals surface area contributed by atoms with Crippen molar-refractivity contribution in [1.29, 1.82) is 0 Å². The fourth-order valence-electron chi connectivity index (χ4n) is 1.60. The van der Waals surface area contributed by atoms with Gasteiger partial charge in [-0.05, 0) is 24.0 Å². The molecule has 21 heavy (non-hydrogen) atoms. The molecule has 0 fully saturated rings. The largest absolute Gasteiger partial charge is 0.462 e. The summed E-state index contributed by atoms with van der Waals surface area (Å²) in [6, 6.07) is 4.69. The number of nitrogens with two attached hydrogens (primary N) is 1. The van der Waals surface area contributed by atoms with Gasteiger partial charge < -0.3 is 15.2 Å². The van der Waals surface area contributed by atoms with Crippen molar-refractivity contribution in [3.63, 3.8) is 0 Å². The molecule has 0 saturated carbocycles. The van der Waals surface area contributed by atoms with E-state index in [9.17, 15) is 9.59 Å². The van der Waals surface area contributed by atoms with Gasteiger partial charge >= 0.3 is 11.9 Å². The molecule has 0 aromatic heterocycles. The van der Waals surface area contributed by atoms with Crippen molar-refractivity contribution in [2.75, 3.05) is 18.9 Å². The second-order valence-corrected chi connectivity index (χ2v) is 5.75. The quantitative estimate of drug-likeness (QED) is 0.644. The molecule has 0 saturated heterocycles. The molecular formula is C16H23NO4. The first-order valence-electron chi connectivity index (χ1n) is 7.05. The Morgan fingerprint density at radius 1 is 1.00 bits per heavy atom. The van der Waals surface area contributed by atoms with E-state index in [-0.39, 0.29) is 41.9 Å². The third kappa shape index (κ3) is 5.10. The smallest absolute Gasteiger partial charge is 0.341 e. The Balaban J connectivity index is 2.97. The van der Waals surface area contributed by atoms with Gasteiger partial charge in [-0.3, -0.25) is 0 Å². The molecule has 1 rings (SSSR count). The fraction of sp³-hybridized carbons (Fsp3) is 0.500. The lowest BCUT2D eigenvalue weighted by Gasteiger charge is -2.13. The first kappa shape index (κ1) is 17.0. The summed E-state index contributed by atoms with van der Waals surface area (Å²) in [5.41, 5.74) is 6.24. The Morgan fingerprint density at radius 3 is 2.05 bits per heavy atom. The molecule has 116 valence electrons. The molecule has 0 amide bonds. The van der Waals surface area contributed by atoms with Crippen LogP contribution in [0, 0.1) is 11.8 Å². The predicted molar refractivity (Wildman–Crippen MR) is 81.1 cm³/mol. The number of rotatable bonds is 6. The van der Waals surface area contributed by atoms with Crippen molar-refractivity contribution in [3.8, 4) is 0 Å². The van der Waals surface area contributed by atoms with Crippen LogP contribution in [0.4, 0.5) is 5.69 Å². The van der Waals surface area contributed by atoms with Crippen molar-refractivity contribution in [1.82, 2.24) is 0 Å². The Morgan fingerprint density at radius 2 is 1.52 bits per heavy atom. The van der Waals surface area contributed by atoms with Gasteiger partial charge in [0.15, 0.2) is 0 Å². The summed E-state index contributed by atoms with van der Waals surface area (Å²) in [7, 11) is 0. The van der Waals surface area contributed by atoms with Crippen LogP contribution in [0.3, 0.4) is 0 Å². The van der Waals surface area contributed by atoms with Gasteiger partial charge in [-0.25, -0.2) is 9.59 Å². The monoisotopic (exact) mass is 293 g/mol.